The van der Waals surface area contributed by atoms with Crippen LogP contribution in [0.25, 0.3) is 0 Å². The fourth-order valence-electron chi connectivity index (χ4n) is 3.37. The van der Waals surface area contributed by atoms with Crippen molar-refractivity contribution >= 4 is 43.3 Å². The SMILES string of the molecule is CC(NC(=O)C(C)(C)S(=O)(=O)c1ccc(Br)cc1)c1cccc(N2CCCC2=O)c1. The largest absolute Gasteiger partial charge is 0.348 e. The summed E-state index contributed by atoms with van der Waals surface area (Å²) in [7, 11) is -3.90. The van der Waals surface area contributed by atoms with E-state index >= 15 is 0 Å². The van der Waals surface area contributed by atoms with Crippen molar-refractivity contribution in [3.05, 3.63) is 58.6 Å². The lowest BCUT2D eigenvalue weighted by molar-refractivity contribution is -0.123. The lowest BCUT2D eigenvalue weighted by Gasteiger charge is -2.27. The Morgan fingerprint density at radius 3 is 2.43 bits per heavy atom. The standard InChI is InChI=1S/C22H25BrN2O4S/c1-15(16-6-4-7-18(14-16)25-13-5-8-20(25)26)24-21(27)22(2,3)30(28,29)19-11-9-17(23)10-12-19/h4,6-7,9-12,14-15H,5,8,13H2,1-3H3,(H,24,27). The van der Waals surface area contributed by atoms with Crippen molar-refractivity contribution in [2.24, 2.45) is 0 Å². The minimum Gasteiger partial charge on any atom is -0.348 e. The molecule has 3 rings (SSSR count). The molecule has 1 aliphatic rings. The van der Waals surface area contributed by atoms with Crippen LogP contribution in [0, 0.1) is 0 Å². The van der Waals surface area contributed by atoms with E-state index in [1.165, 1.54) is 26.0 Å². The van der Waals surface area contributed by atoms with Gasteiger partial charge in [-0.2, -0.15) is 0 Å². The zero-order valence-electron chi connectivity index (χ0n) is 17.2. The molecule has 2 aromatic carbocycles. The van der Waals surface area contributed by atoms with Crippen molar-refractivity contribution in [2.75, 3.05) is 11.4 Å². The number of anilines is 1. The summed E-state index contributed by atoms with van der Waals surface area (Å²) in [4.78, 5) is 26.8. The molecule has 30 heavy (non-hydrogen) atoms. The Labute approximate surface area is 185 Å². The molecule has 1 atom stereocenters. The number of sulfone groups is 1. The van der Waals surface area contributed by atoms with Crippen molar-refractivity contribution in [2.45, 2.75) is 49.3 Å². The van der Waals surface area contributed by atoms with Crippen LogP contribution in [0.5, 0.6) is 0 Å². The van der Waals surface area contributed by atoms with Crippen molar-refractivity contribution in [3.8, 4) is 0 Å². The van der Waals surface area contributed by atoms with Crippen LogP contribution in [0.1, 0.15) is 45.2 Å². The van der Waals surface area contributed by atoms with E-state index in [2.05, 4.69) is 21.2 Å². The molecular formula is C22H25BrN2O4S. The van der Waals surface area contributed by atoms with Gasteiger partial charge in [0, 0.05) is 23.1 Å². The Kier molecular flexibility index (Phi) is 6.38. The van der Waals surface area contributed by atoms with E-state index in [0.717, 1.165) is 22.1 Å². The third-order valence-corrected chi connectivity index (χ3v) is 8.40. The van der Waals surface area contributed by atoms with E-state index in [1.54, 1.807) is 24.0 Å². The molecule has 0 aromatic heterocycles. The Morgan fingerprint density at radius 1 is 1.17 bits per heavy atom. The molecule has 0 spiro atoms. The molecule has 8 heteroatoms. The number of carbonyl (C=O) groups is 2. The average Bonchev–Trinajstić information content (AvgIpc) is 3.14. The molecule has 0 aliphatic carbocycles. The molecule has 1 N–H and O–H groups in total. The number of amides is 2. The van der Waals surface area contributed by atoms with Gasteiger partial charge in [0.05, 0.1) is 10.9 Å². The molecular weight excluding hydrogens is 468 g/mol. The second kappa shape index (κ2) is 8.51. The number of halogens is 1. The number of carbonyl (C=O) groups excluding carboxylic acids is 2. The molecule has 0 radical (unpaired) electrons. The summed E-state index contributed by atoms with van der Waals surface area (Å²) >= 11 is 3.29. The van der Waals surface area contributed by atoms with Gasteiger partial charge in [-0.15, -0.1) is 0 Å². The predicted octanol–water partition coefficient (Wildman–Crippen LogP) is 4.01. The molecule has 0 saturated carbocycles. The minimum atomic E-state index is -3.90. The summed E-state index contributed by atoms with van der Waals surface area (Å²) in [5.41, 5.74) is 1.59. The highest BCUT2D eigenvalue weighted by atomic mass is 79.9. The van der Waals surface area contributed by atoms with Crippen molar-refractivity contribution in [1.82, 2.24) is 5.32 Å². The third-order valence-electron chi connectivity index (χ3n) is 5.45. The monoisotopic (exact) mass is 492 g/mol. The van der Waals surface area contributed by atoms with Gasteiger partial charge in [-0.05, 0) is 69.2 Å². The highest BCUT2D eigenvalue weighted by molar-refractivity contribution is 9.10. The number of benzene rings is 2. The van der Waals surface area contributed by atoms with Gasteiger partial charge in [0.15, 0.2) is 9.84 Å². The first-order valence-corrected chi connectivity index (χ1v) is 12.0. The van der Waals surface area contributed by atoms with E-state index in [-0.39, 0.29) is 10.8 Å². The Hall–Kier alpha value is -2.19. The van der Waals surface area contributed by atoms with E-state index in [1.807, 2.05) is 24.3 Å². The molecule has 1 heterocycles. The average molecular weight is 493 g/mol. The molecule has 0 bridgehead atoms. The number of hydrogen-bond acceptors (Lipinski definition) is 4. The van der Waals surface area contributed by atoms with Crippen LogP contribution in [0.4, 0.5) is 5.69 Å². The maximum atomic E-state index is 13.1. The number of hydrogen-bond donors (Lipinski definition) is 1. The van der Waals surface area contributed by atoms with Gasteiger partial charge in [0.1, 0.15) is 4.75 Å². The summed E-state index contributed by atoms with van der Waals surface area (Å²) in [5.74, 6) is -0.494. The van der Waals surface area contributed by atoms with E-state index in [0.29, 0.717) is 13.0 Å². The van der Waals surface area contributed by atoms with Gasteiger partial charge in [0.2, 0.25) is 11.8 Å². The summed E-state index contributed by atoms with van der Waals surface area (Å²) in [6, 6.07) is 13.2. The van der Waals surface area contributed by atoms with Crippen LogP contribution in [-0.2, 0) is 19.4 Å². The molecule has 1 fully saturated rings. The zero-order valence-corrected chi connectivity index (χ0v) is 19.6. The molecule has 2 amide bonds. The number of nitrogens with zero attached hydrogens (tertiary/aromatic N) is 1. The summed E-state index contributed by atoms with van der Waals surface area (Å²) in [6.07, 6.45) is 1.37. The quantitative estimate of drug-likeness (QED) is 0.660. The number of nitrogens with one attached hydrogen (secondary N) is 1. The first-order valence-electron chi connectivity index (χ1n) is 9.75. The summed E-state index contributed by atoms with van der Waals surface area (Å²) < 4.78 is 25.2. The highest BCUT2D eigenvalue weighted by Crippen LogP contribution is 2.29. The predicted molar refractivity (Wildman–Crippen MR) is 120 cm³/mol. The Bertz CT molecular complexity index is 1060. The molecule has 160 valence electrons. The van der Waals surface area contributed by atoms with Crippen LogP contribution in [0.3, 0.4) is 0 Å². The fourth-order valence-corrected chi connectivity index (χ4v) is 5.02. The Balaban J connectivity index is 1.79. The fraction of sp³-hybridized carbons (Fsp3) is 0.364. The first-order chi connectivity index (χ1) is 14.0. The van der Waals surface area contributed by atoms with E-state index in [9.17, 15) is 18.0 Å². The van der Waals surface area contributed by atoms with Crippen LogP contribution in [0.2, 0.25) is 0 Å². The Morgan fingerprint density at radius 2 is 1.83 bits per heavy atom. The van der Waals surface area contributed by atoms with Gasteiger partial charge in [-0.25, -0.2) is 8.42 Å². The zero-order chi connectivity index (χ0) is 22.1. The van der Waals surface area contributed by atoms with Gasteiger partial charge in [0.25, 0.3) is 0 Å². The van der Waals surface area contributed by atoms with Crippen molar-refractivity contribution < 1.29 is 18.0 Å². The second-order valence-electron chi connectivity index (χ2n) is 7.91. The van der Waals surface area contributed by atoms with E-state index < -0.39 is 26.5 Å². The second-order valence-corrected chi connectivity index (χ2v) is 11.3. The van der Waals surface area contributed by atoms with E-state index in [4.69, 9.17) is 0 Å². The minimum absolute atomic E-state index is 0.0885. The summed E-state index contributed by atoms with van der Waals surface area (Å²) in [6.45, 7) is 5.30. The summed E-state index contributed by atoms with van der Waals surface area (Å²) in [5, 5.41) is 2.82. The smallest absolute Gasteiger partial charge is 0.241 e. The normalized spacial score (nSPS) is 15.9. The lowest BCUT2D eigenvalue weighted by atomic mass is 10.1. The topological polar surface area (TPSA) is 83.6 Å². The molecule has 2 aromatic rings. The van der Waals surface area contributed by atoms with Crippen LogP contribution < -0.4 is 10.2 Å². The molecule has 6 nitrogen and oxygen atoms in total. The van der Waals surface area contributed by atoms with Gasteiger partial charge in [-0.3, -0.25) is 9.59 Å². The van der Waals surface area contributed by atoms with Gasteiger partial charge >= 0.3 is 0 Å². The third kappa shape index (κ3) is 4.30. The van der Waals surface area contributed by atoms with Crippen LogP contribution in [-0.4, -0.2) is 31.5 Å². The van der Waals surface area contributed by atoms with Crippen molar-refractivity contribution in [3.63, 3.8) is 0 Å². The van der Waals surface area contributed by atoms with Crippen LogP contribution >= 0.6 is 15.9 Å². The molecule has 1 saturated heterocycles. The number of rotatable bonds is 6. The molecule has 1 unspecified atom stereocenters. The van der Waals surface area contributed by atoms with Crippen LogP contribution in [0.15, 0.2) is 57.9 Å². The first kappa shape index (κ1) is 22.5. The maximum Gasteiger partial charge on any atom is 0.241 e. The molecule has 1 aliphatic heterocycles. The maximum absolute atomic E-state index is 13.1. The van der Waals surface area contributed by atoms with Gasteiger partial charge < -0.3 is 10.2 Å². The van der Waals surface area contributed by atoms with Gasteiger partial charge in [-0.1, -0.05) is 28.1 Å². The lowest BCUT2D eigenvalue weighted by Crippen LogP contribution is -2.48. The van der Waals surface area contributed by atoms with Crippen molar-refractivity contribution in [1.29, 1.82) is 0 Å². The highest BCUT2D eigenvalue weighted by Gasteiger charge is 2.43.